The van der Waals surface area contributed by atoms with E-state index in [0.717, 1.165) is 28.9 Å². The van der Waals surface area contributed by atoms with Gasteiger partial charge in [-0.25, -0.2) is 0 Å². The van der Waals surface area contributed by atoms with Gasteiger partial charge in [0.2, 0.25) is 0 Å². The number of phenolic OH excluding ortho intramolecular Hbond substituents is 1. The Hall–Kier alpha value is -2.76. The number of aromatic hydroxyl groups is 1. The number of ether oxygens (including phenoxy) is 1. The second kappa shape index (κ2) is 6.63. The Labute approximate surface area is 187 Å². The lowest BCUT2D eigenvalue weighted by atomic mass is 9.48. The maximum Gasteiger partial charge on any atom is 0.294 e. The van der Waals surface area contributed by atoms with Crippen LogP contribution in [-0.4, -0.2) is 10.2 Å². The largest absolute Gasteiger partial charge is 0.507 e. The summed E-state index contributed by atoms with van der Waals surface area (Å²) in [5.41, 5.74) is 3.99. The predicted octanol–water partition coefficient (Wildman–Crippen LogP) is 5.86. The summed E-state index contributed by atoms with van der Waals surface area (Å²) in [7, 11) is 0. The summed E-state index contributed by atoms with van der Waals surface area (Å²) in [6.45, 7) is 3.93. The topological polar surface area (TPSA) is 81.8 Å². The Kier molecular flexibility index (Phi) is 4.12. The average molecular weight is 436 g/mol. The van der Waals surface area contributed by atoms with Crippen LogP contribution in [-0.2, 0) is 22.5 Å². The number of rotatable bonds is 4. The van der Waals surface area contributed by atoms with E-state index in [1.165, 1.54) is 44.1 Å². The summed E-state index contributed by atoms with van der Waals surface area (Å²) < 4.78 is 6.47. The van der Waals surface area contributed by atoms with Crippen molar-refractivity contribution in [1.29, 1.82) is 0 Å². The maximum atomic E-state index is 11.2. The van der Waals surface area contributed by atoms with Crippen LogP contribution in [0.15, 0.2) is 30.3 Å². The summed E-state index contributed by atoms with van der Waals surface area (Å²) in [4.78, 5) is 15.2. The zero-order valence-electron chi connectivity index (χ0n) is 18.6. The van der Waals surface area contributed by atoms with Gasteiger partial charge in [-0.2, -0.15) is 0 Å². The first-order valence-electron chi connectivity index (χ1n) is 11.7. The van der Waals surface area contributed by atoms with E-state index in [2.05, 4.69) is 10.9 Å². The van der Waals surface area contributed by atoms with Crippen molar-refractivity contribution in [2.75, 3.05) is 0 Å². The second-order valence-corrected chi connectivity index (χ2v) is 11.1. The van der Waals surface area contributed by atoms with Crippen LogP contribution >= 0.6 is 0 Å². The van der Waals surface area contributed by atoms with Crippen LogP contribution in [0.3, 0.4) is 0 Å². The van der Waals surface area contributed by atoms with E-state index in [9.17, 15) is 15.2 Å². The van der Waals surface area contributed by atoms with Crippen LogP contribution in [0.25, 0.3) is 11.1 Å². The van der Waals surface area contributed by atoms with Gasteiger partial charge in [0.05, 0.1) is 5.56 Å². The first kappa shape index (κ1) is 19.9. The molecule has 7 rings (SSSR count). The minimum Gasteiger partial charge on any atom is -0.507 e. The van der Waals surface area contributed by atoms with Gasteiger partial charge in [-0.1, -0.05) is 12.1 Å². The molecule has 0 aromatic heterocycles. The molecule has 0 radical (unpaired) electrons. The molecule has 5 aliphatic rings. The summed E-state index contributed by atoms with van der Waals surface area (Å²) in [5, 5.41) is 21.1. The lowest BCUT2D eigenvalue weighted by molar-refractivity contribution is -0.763. The zero-order chi connectivity index (χ0) is 22.3. The molecule has 1 heterocycles. The molecular formula is C26H29NO5. The first-order valence-corrected chi connectivity index (χ1v) is 11.7. The number of benzene rings is 2. The molecule has 32 heavy (non-hydrogen) atoms. The van der Waals surface area contributed by atoms with Crippen LogP contribution in [0.5, 0.6) is 11.5 Å². The Bertz CT molecular complexity index is 1090. The lowest BCUT2D eigenvalue weighted by Crippen LogP contribution is -2.48. The molecule has 4 aliphatic carbocycles. The van der Waals surface area contributed by atoms with Gasteiger partial charge in [-0.15, -0.1) is 10.1 Å². The molecule has 0 saturated heterocycles. The lowest BCUT2D eigenvalue weighted by Gasteiger charge is -2.57. The Balaban J connectivity index is 1.44. The monoisotopic (exact) mass is 435 g/mol. The van der Waals surface area contributed by atoms with E-state index in [-0.39, 0.29) is 17.8 Å². The van der Waals surface area contributed by atoms with E-state index in [4.69, 9.17) is 4.74 Å². The molecule has 4 bridgehead atoms. The molecule has 6 nitrogen and oxygen atoms in total. The highest BCUT2D eigenvalue weighted by Gasteiger charge is 2.52. The fraction of sp³-hybridized carbons (Fsp3) is 0.538. The molecule has 0 unspecified atom stereocenters. The molecule has 6 heteroatoms. The van der Waals surface area contributed by atoms with Crippen LogP contribution in [0.2, 0.25) is 0 Å². The van der Waals surface area contributed by atoms with E-state index >= 15 is 0 Å². The summed E-state index contributed by atoms with van der Waals surface area (Å²) in [5.74, 6) is 3.41. The van der Waals surface area contributed by atoms with Crippen molar-refractivity contribution in [3.05, 3.63) is 57.1 Å². The van der Waals surface area contributed by atoms with Crippen molar-refractivity contribution in [3.8, 4) is 22.6 Å². The van der Waals surface area contributed by atoms with E-state index < -0.39 is 10.7 Å². The SMILES string of the molecule is CC1(C)Oc2cc(C34CC5CC(CC(C5)C3)C4)cc(O)c2-c2cc(CO[N+](=O)[O-])ccc21. The number of nitrogens with zero attached hydrogens (tertiary/aromatic N) is 1. The quantitative estimate of drug-likeness (QED) is 0.480. The van der Waals surface area contributed by atoms with Gasteiger partial charge in [0.1, 0.15) is 23.7 Å². The third-order valence-corrected chi connectivity index (χ3v) is 8.44. The molecule has 2 aromatic rings. The summed E-state index contributed by atoms with van der Waals surface area (Å²) in [6, 6.07) is 9.76. The third kappa shape index (κ3) is 2.99. The van der Waals surface area contributed by atoms with E-state index in [1.807, 2.05) is 38.1 Å². The van der Waals surface area contributed by atoms with Crippen molar-refractivity contribution in [3.63, 3.8) is 0 Å². The van der Waals surface area contributed by atoms with Crippen molar-refractivity contribution < 1.29 is 19.8 Å². The van der Waals surface area contributed by atoms with Gasteiger partial charge < -0.3 is 14.7 Å². The van der Waals surface area contributed by atoms with Crippen molar-refractivity contribution in [2.45, 2.75) is 70.0 Å². The standard InChI is InChI=1S/C26H29NO5/c1-25(2)21-4-3-15(14-31-27(29)30)8-20(21)24-22(28)9-19(10-23(24)32-25)26-11-16-5-17(12-26)7-18(6-16)13-26/h3-4,8-10,16-18,28H,5-7,11-14H2,1-2H3. The van der Waals surface area contributed by atoms with E-state index in [1.54, 1.807) is 0 Å². The maximum absolute atomic E-state index is 11.2. The molecule has 0 spiro atoms. The molecule has 1 N–H and O–H groups in total. The molecule has 168 valence electrons. The minimum absolute atomic E-state index is 0.122. The van der Waals surface area contributed by atoms with Gasteiger partial charge in [0.15, 0.2) is 0 Å². The smallest absolute Gasteiger partial charge is 0.294 e. The average Bonchev–Trinajstić information content (AvgIpc) is 2.70. The molecule has 4 saturated carbocycles. The van der Waals surface area contributed by atoms with Crippen molar-refractivity contribution in [2.24, 2.45) is 17.8 Å². The van der Waals surface area contributed by atoms with Gasteiger partial charge in [-0.3, -0.25) is 0 Å². The summed E-state index contributed by atoms with van der Waals surface area (Å²) in [6.07, 6.45) is 7.80. The highest BCUT2D eigenvalue weighted by atomic mass is 16.9. The molecule has 0 atom stereocenters. The first-order chi connectivity index (χ1) is 15.2. The number of hydrogen-bond donors (Lipinski definition) is 1. The minimum atomic E-state index is -0.782. The van der Waals surface area contributed by atoms with Gasteiger partial charge in [0, 0.05) is 5.56 Å². The van der Waals surface area contributed by atoms with Crippen LogP contribution in [0, 0.1) is 27.9 Å². The number of phenols is 1. The van der Waals surface area contributed by atoms with Crippen molar-refractivity contribution >= 4 is 0 Å². The van der Waals surface area contributed by atoms with E-state index in [0.29, 0.717) is 16.9 Å². The highest BCUT2D eigenvalue weighted by molar-refractivity contribution is 5.82. The van der Waals surface area contributed by atoms with Gasteiger partial charge in [0.25, 0.3) is 5.09 Å². The Morgan fingerprint density at radius 3 is 2.38 bits per heavy atom. The fourth-order valence-corrected chi connectivity index (χ4v) is 7.59. The van der Waals surface area contributed by atoms with Crippen molar-refractivity contribution in [1.82, 2.24) is 0 Å². The number of hydrogen-bond acceptors (Lipinski definition) is 5. The molecule has 4 fully saturated rings. The molecule has 0 amide bonds. The predicted molar refractivity (Wildman–Crippen MR) is 119 cm³/mol. The molecule has 1 aliphatic heterocycles. The Morgan fingerprint density at radius 2 is 1.75 bits per heavy atom. The molecular weight excluding hydrogens is 406 g/mol. The fourth-order valence-electron chi connectivity index (χ4n) is 7.59. The van der Waals surface area contributed by atoms with Gasteiger partial charge in [-0.05, 0) is 110 Å². The Morgan fingerprint density at radius 1 is 1.09 bits per heavy atom. The van der Waals surface area contributed by atoms with Gasteiger partial charge >= 0.3 is 0 Å². The highest BCUT2D eigenvalue weighted by Crippen LogP contribution is 2.62. The zero-order valence-corrected chi connectivity index (χ0v) is 18.6. The van der Waals surface area contributed by atoms with Crippen LogP contribution in [0.1, 0.15) is 69.1 Å². The number of fused-ring (bicyclic) bond motifs is 3. The van der Waals surface area contributed by atoms with Crippen LogP contribution < -0.4 is 4.74 Å². The normalized spacial score (nSPS) is 30.9. The van der Waals surface area contributed by atoms with Crippen LogP contribution in [0.4, 0.5) is 0 Å². The third-order valence-electron chi connectivity index (χ3n) is 8.44. The second-order valence-electron chi connectivity index (χ2n) is 11.1. The summed E-state index contributed by atoms with van der Waals surface area (Å²) >= 11 is 0. The molecule has 2 aromatic carbocycles.